The van der Waals surface area contributed by atoms with Crippen molar-refractivity contribution >= 4 is 29.3 Å². The quantitative estimate of drug-likeness (QED) is 0.130. The highest BCUT2D eigenvalue weighted by Gasteiger charge is 2.39. The topological polar surface area (TPSA) is 127 Å². The van der Waals surface area contributed by atoms with Crippen LogP contribution in [0.3, 0.4) is 0 Å². The Hall–Kier alpha value is -2.29. The number of ether oxygens (including phenoxy) is 3. The van der Waals surface area contributed by atoms with E-state index in [2.05, 4.69) is 51.1 Å². The number of hydrogen-bond acceptors (Lipinski definition) is 8. The lowest BCUT2D eigenvalue weighted by Crippen LogP contribution is -2.43. The summed E-state index contributed by atoms with van der Waals surface area (Å²) in [5, 5.41) is 10.7. The van der Waals surface area contributed by atoms with Gasteiger partial charge in [0.15, 0.2) is 6.23 Å². The minimum atomic E-state index is -4.03. The van der Waals surface area contributed by atoms with Gasteiger partial charge in [-0.25, -0.2) is 4.68 Å². The van der Waals surface area contributed by atoms with Crippen molar-refractivity contribution in [1.29, 1.82) is 0 Å². The Morgan fingerprint density at radius 2 is 1.93 bits per heavy atom. The van der Waals surface area contributed by atoms with Gasteiger partial charge in [-0.2, -0.15) is 18.6 Å². The van der Waals surface area contributed by atoms with Gasteiger partial charge in [0.2, 0.25) is 8.32 Å². The molecule has 1 N–H and O–H groups in total. The molecule has 13 heteroatoms. The molecular formula is C30H48N4O7SSi. The minimum absolute atomic E-state index is 0.0833. The van der Waals surface area contributed by atoms with E-state index in [0.717, 1.165) is 53.8 Å². The number of rotatable bonds is 14. The van der Waals surface area contributed by atoms with E-state index in [4.69, 9.17) is 28.3 Å². The van der Waals surface area contributed by atoms with Crippen LogP contribution < -0.4 is 4.43 Å². The highest BCUT2D eigenvalue weighted by molar-refractivity contribution is 7.85. The molecule has 2 aromatic heterocycles. The summed E-state index contributed by atoms with van der Waals surface area (Å²) >= 11 is 0. The molecule has 1 unspecified atom stereocenters. The first-order valence-electron chi connectivity index (χ1n) is 15.1. The lowest BCUT2D eigenvalue weighted by molar-refractivity contribution is -0.0365. The third kappa shape index (κ3) is 8.89. The van der Waals surface area contributed by atoms with E-state index in [1.807, 2.05) is 27.8 Å². The second-order valence-electron chi connectivity index (χ2n) is 13.1. The van der Waals surface area contributed by atoms with Crippen LogP contribution in [0.4, 0.5) is 0 Å². The van der Waals surface area contributed by atoms with Gasteiger partial charge in [0.1, 0.15) is 11.4 Å². The summed E-state index contributed by atoms with van der Waals surface area (Å²) in [7, 11) is -6.05. The lowest BCUT2D eigenvalue weighted by atomic mass is 10.1. The zero-order valence-corrected chi connectivity index (χ0v) is 28.4. The van der Waals surface area contributed by atoms with Crippen LogP contribution in [0.15, 0.2) is 30.6 Å². The molecule has 11 nitrogen and oxygen atoms in total. The van der Waals surface area contributed by atoms with Crippen molar-refractivity contribution in [1.82, 2.24) is 19.6 Å². The predicted octanol–water partition coefficient (Wildman–Crippen LogP) is 5.93. The third-order valence-corrected chi connectivity index (χ3v) is 13.8. The average molecular weight is 637 g/mol. The number of benzene rings is 1. The molecule has 1 fully saturated rings. The van der Waals surface area contributed by atoms with Crippen molar-refractivity contribution in [2.75, 3.05) is 32.2 Å². The highest BCUT2D eigenvalue weighted by atomic mass is 32.2. The molecule has 1 aromatic carbocycles. The summed E-state index contributed by atoms with van der Waals surface area (Å²) < 4.78 is 59.2. The molecule has 43 heavy (non-hydrogen) atoms. The molecule has 0 radical (unpaired) electrons. The first-order chi connectivity index (χ1) is 20.1. The Labute approximate surface area is 256 Å². The Bertz CT molecular complexity index is 1460. The first-order valence-corrected chi connectivity index (χ1v) is 19.7. The molecule has 3 heterocycles. The van der Waals surface area contributed by atoms with E-state index in [1.165, 1.54) is 0 Å². The van der Waals surface area contributed by atoms with Gasteiger partial charge in [-0.3, -0.25) is 9.23 Å². The number of hydrogen-bond donors (Lipinski definition) is 1. The molecule has 3 aromatic rings. The summed E-state index contributed by atoms with van der Waals surface area (Å²) in [4.78, 5) is 0. The van der Waals surface area contributed by atoms with E-state index in [9.17, 15) is 8.42 Å². The van der Waals surface area contributed by atoms with Crippen molar-refractivity contribution in [2.24, 2.45) is 5.92 Å². The lowest BCUT2D eigenvalue weighted by Gasteiger charge is -2.36. The minimum Gasteiger partial charge on any atom is -0.543 e. The molecule has 0 aliphatic carbocycles. The normalized spacial score (nSPS) is 18.2. The van der Waals surface area contributed by atoms with Crippen LogP contribution in [0, 0.1) is 5.92 Å². The second-order valence-corrected chi connectivity index (χ2v) is 19.3. The number of aromatic nitrogens is 4. The standard InChI is InChI=1S/C30H48N4O7SSi/c1-22(21-42(35,36)37)23(2)39-17-16-38-15-13-33-20-24(19-31-33)29-26-18-25(41-43(6,7)30(3,4)5)11-12-27(26)34(32-29)28-10-8-9-14-40-28/h11-12,18-20,22-23,28H,8-10,13-17,21H2,1-7H3,(H,35,36,37)/t22-,23+,28?/m0/s1. The van der Waals surface area contributed by atoms with Crippen molar-refractivity contribution < 1.29 is 31.6 Å². The van der Waals surface area contributed by atoms with Crippen LogP contribution >= 0.6 is 0 Å². The smallest absolute Gasteiger partial charge is 0.265 e. The fourth-order valence-corrected chi connectivity index (χ4v) is 6.73. The SMILES string of the molecule is C[C@@H](CS(=O)(=O)O)[C@@H](C)OCCOCCn1cc(-c2nn(C3CCCCO3)c3ccc(O[Si](C)(C)C(C)(C)C)cc23)cn1. The Kier molecular flexibility index (Phi) is 10.8. The van der Waals surface area contributed by atoms with E-state index in [-0.39, 0.29) is 29.0 Å². The molecule has 1 saturated heterocycles. The summed E-state index contributed by atoms with van der Waals surface area (Å²) in [5.41, 5.74) is 2.77. The molecule has 4 rings (SSSR count). The Balaban J connectivity index is 1.43. The maximum absolute atomic E-state index is 11.1. The van der Waals surface area contributed by atoms with E-state index in [0.29, 0.717) is 26.4 Å². The molecule has 0 bridgehead atoms. The second kappa shape index (κ2) is 13.8. The van der Waals surface area contributed by atoms with Crippen LogP contribution in [-0.2, 0) is 30.9 Å². The summed E-state index contributed by atoms with van der Waals surface area (Å²) in [6.45, 7) is 17.2. The summed E-state index contributed by atoms with van der Waals surface area (Å²) in [5.74, 6) is 0.202. The van der Waals surface area contributed by atoms with Crippen molar-refractivity contribution in [3.63, 3.8) is 0 Å². The van der Waals surface area contributed by atoms with Gasteiger partial charge in [0.25, 0.3) is 10.1 Å². The molecule has 240 valence electrons. The highest BCUT2D eigenvalue weighted by Crippen LogP contribution is 2.39. The Morgan fingerprint density at radius 3 is 2.60 bits per heavy atom. The zero-order chi connectivity index (χ0) is 31.4. The third-order valence-electron chi connectivity index (χ3n) is 8.54. The van der Waals surface area contributed by atoms with E-state index < -0.39 is 18.4 Å². The maximum atomic E-state index is 11.1. The van der Waals surface area contributed by atoms with E-state index in [1.54, 1.807) is 13.8 Å². The van der Waals surface area contributed by atoms with Gasteiger partial charge in [-0.05, 0) is 68.4 Å². The van der Waals surface area contributed by atoms with E-state index >= 15 is 0 Å². The van der Waals surface area contributed by atoms with Crippen LogP contribution in [0.2, 0.25) is 18.1 Å². The monoisotopic (exact) mass is 636 g/mol. The van der Waals surface area contributed by atoms with Crippen LogP contribution in [0.25, 0.3) is 22.2 Å². The van der Waals surface area contributed by atoms with Crippen LogP contribution in [0.5, 0.6) is 5.75 Å². The molecule has 1 aliphatic rings. The molecular weight excluding hydrogens is 589 g/mol. The number of fused-ring (bicyclic) bond motifs is 1. The van der Waals surface area contributed by atoms with Gasteiger partial charge < -0.3 is 18.6 Å². The van der Waals surface area contributed by atoms with Gasteiger partial charge in [0, 0.05) is 23.8 Å². The van der Waals surface area contributed by atoms with Gasteiger partial charge in [-0.15, -0.1) is 0 Å². The average Bonchev–Trinajstić information content (AvgIpc) is 3.53. The fraction of sp³-hybridized carbons (Fsp3) is 0.667. The fourth-order valence-electron chi connectivity index (χ4n) is 4.77. The van der Waals surface area contributed by atoms with Crippen LogP contribution in [0.1, 0.15) is 60.1 Å². The zero-order valence-electron chi connectivity index (χ0n) is 26.6. The molecule has 0 saturated carbocycles. The summed E-state index contributed by atoms with van der Waals surface area (Å²) in [6, 6.07) is 6.25. The first kappa shape index (κ1) is 33.6. The van der Waals surface area contributed by atoms with Crippen molar-refractivity contribution in [3.05, 3.63) is 30.6 Å². The molecule has 0 amide bonds. The maximum Gasteiger partial charge on any atom is 0.265 e. The van der Waals surface area contributed by atoms with Crippen molar-refractivity contribution in [2.45, 2.75) is 90.9 Å². The van der Waals surface area contributed by atoms with Crippen molar-refractivity contribution in [3.8, 4) is 17.0 Å². The molecule has 0 spiro atoms. The molecule has 3 atom stereocenters. The summed E-state index contributed by atoms with van der Waals surface area (Å²) in [6.07, 6.45) is 6.50. The number of nitrogens with zero attached hydrogens (tertiary/aromatic N) is 4. The van der Waals surface area contributed by atoms with Gasteiger partial charge >= 0.3 is 0 Å². The predicted molar refractivity (Wildman–Crippen MR) is 169 cm³/mol. The largest absolute Gasteiger partial charge is 0.543 e. The van der Waals surface area contributed by atoms with Gasteiger partial charge in [0.05, 0.1) is 49.9 Å². The Morgan fingerprint density at radius 1 is 1.16 bits per heavy atom. The van der Waals surface area contributed by atoms with Crippen LogP contribution in [-0.4, -0.2) is 79.1 Å². The molecule has 1 aliphatic heterocycles. The van der Waals surface area contributed by atoms with Gasteiger partial charge in [-0.1, -0.05) is 27.7 Å².